The maximum Gasteiger partial charge on any atom is 0.0475 e. The summed E-state index contributed by atoms with van der Waals surface area (Å²) in [6, 6.07) is 4.12. The minimum absolute atomic E-state index is 1.13. The average molecular weight is 145 g/mol. The van der Waals surface area contributed by atoms with Crippen LogP contribution in [0, 0.1) is 0 Å². The highest BCUT2D eigenvalue weighted by molar-refractivity contribution is 5.52. The topological polar surface area (TPSA) is 12.9 Å². The molecule has 1 nitrogen and oxygen atoms in total. The van der Waals surface area contributed by atoms with E-state index in [-0.39, 0.29) is 0 Å². The zero-order valence-corrected chi connectivity index (χ0v) is 6.46. The SMILES string of the molecule is C1=Cc2cccnc2CCC1. The van der Waals surface area contributed by atoms with Crippen molar-refractivity contribution in [3.05, 3.63) is 35.7 Å². The number of hydrogen-bond donors (Lipinski definition) is 0. The third kappa shape index (κ3) is 1.32. The van der Waals surface area contributed by atoms with Crippen LogP contribution in [0.5, 0.6) is 0 Å². The quantitative estimate of drug-likeness (QED) is 0.546. The molecule has 1 aromatic rings. The Morgan fingerprint density at radius 1 is 1.36 bits per heavy atom. The zero-order chi connectivity index (χ0) is 7.52. The van der Waals surface area contributed by atoms with Gasteiger partial charge in [-0.1, -0.05) is 18.2 Å². The van der Waals surface area contributed by atoms with Crippen LogP contribution in [0.25, 0.3) is 6.08 Å². The molecule has 0 N–H and O–H groups in total. The molecule has 1 aliphatic carbocycles. The van der Waals surface area contributed by atoms with Crippen LogP contribution in [0.1, 0.15) is 24.1 Å². The molecule has 0 fully saturated rings. The highest BCUT2D eigenvalue weighted by atomic mass is 14.7. The minimum atomic E-state index is 1.13. The Balaban J connectivity index is 2.45. The first kappa shape index (κ1) is 6.59. The molecule has 0 bridgehead atoms. The summed E-state index contributed by atoms with van der Waals surface area (Å²) >= 11 is 0. The Bertz CT molecular complexity index is 276. The highest BCUT2D eigenvalue weighted by Crippen LogP contribution is 2.15. The first-order valence-corrected chi connectivity index (χ1v) is 4.07. The molecule has 0 unspecified atom stereocenters. The van der Waals surface area contributed by atoms with Gasteiger partial charge in [-0.25, -0.2) is 0 Å². The maximum absolute atomic E-state index is 4.33. The van der Waals surface area contributed by atoms with E-state index in [1.807, 2.05) is 12.3 Å². The van der Waals surface area contributed by atoms with Gasteiger partial charge in [0.25, 0.3) is 0 Å². The van der Waals surface area contributed by atoms with Gasteiger partial charge in [0.1, 0.15) is 0 Å². The van der Waals surface area contributed by atoms with Crippen molar-refractivity contribution in [2.24, 2.45) is 0 Å². The summed E-state index contributed by atoms with van der Waals surface area (Å²) < 4.78 is 0. The molecular weight excluding hydrogens is 134 g/mol. The van der Waals surface area contributed by atoms with Crippen LogP contribution in [0.4, 0.5) is 0 Å². The van der Waals surface area contributed by atoms with Gasteiger partial charge in [-0.05, 0) is 30.9 Å². The molecule has 0 saturated carbocycles. The molecule has 11 heavy (non-hydrogen) atoms. The van der Waals surface area contributed by atoms with E-state index in [1.54, 1.807) is 0 Å². The van der Waals surface area contributed by atoms with Gasteiger partial charge < -0.3 is 0 Å². The summed E-state index contributed by atoms with van der Waals surface area (Å²) in [4.78, 5) is 4.33. The molecule has 0 atom stereocenters. The van der Waals surface area contributed by atoms with Crippen molar-refractivity contribution in [2.45, 2.75) is 19.3 Å². The molecule has 56 valence electrons. The second-order valence-corrected chi connectivity index (χ2v) is 2.83. The fraction of sp³-hybridized carbons (Fsp3) is 0.300. The first-order valence-electron chi connectivity index (χ1n) is 4.07. The Morgan fingerprint density at radius 2 is 2.36 bits per heavy atom. The number of aryl methyl sites for hydroxylation is 1. The smallest absolute Gasteiger partial charge is 0.0475 e. The predicted octanol–water partition coefficient (Wildman–Crippen LogP) is 2.43. The molecule has 1 heterocycles. The van der Waals surface area contributed by atoms with Crippen LogP contribution < -0.4 is 0 Å². The molecule has 0 saturated heterocycles. The lowest BCUT2D eigenvalue weighted by Gasteiger charge is -1.99. The van der Waals surface area contributed by atoms with Crippen LogP contribution in [0.15, 0.2) is 24.4 Å². The molecule has 1 aromatic heterocycles. The summed E-state index contributed by atoms with van der Waals surface area (Å²) in [5.74, 6) is 0. The zero-order valence-electron chi connectivity index (χ0n) is 6.46. The molecule has 0 aromatic carbocycles. The van der Waals surface area contributed by atoms with Crippen molar-refractivity contribution >= 4 is 6.08 Å². The van der Waals surface area contributed by atoms with Crippen molar-refractivity contribution in [1.82, 2.24) is 4.98 Å². The van der Waals surface area contributed by atoms with E-state index in [2.05, 4.69) is 23.2 Å². The Morgan fingerprint density at radius 3 is 3.36 bits per heavy atom. The Labute approximate surface area is 66.8 Å². The summed E-state index contributed by atoms with van der Waals surface area (Å²) in [5.41, 5.74) is 2.55. The van der Waals surface area contributed by atoms with Gasteiger partial charge >= 0.3 is 0 Å². The summed E-state index contributed by atoms with van der Waals surface area (Å²) in [7, 11) is 0. The average Bonchev–Trinajstić information content (AvgIpc) is 2.28. The fourth-order valence-electron chi connectivity index (χ4n) is 1.41. The minimum Gasteiger partial charge on any atom is -0.261 e. The Kier molecular flexibility index (Phi) is 1.72. The van der Waals surface area contributed by atoms with E-state index in [1.165, 1.54) is 24.1 Å². The van der Waals surface area contributed by atoms with Crippen molar-refractivity contribution in [3.8, 4) is 0 Å². The molecule has 0 spiro atoms. The van der Waals surface area contributed by atoms with Gasteiger partial charge in [-0.2, -0.15) is 0 Å². The molecule has 1 aliphatic rings. The standard InChI is InChI=1S/C10H11N/c1-2-5-9-6-4-8-11-10(9)7-3-1/h2,4-6,8H,1,3,7H2. The molecule has 0 aliphatic heterocycles. The second kappa shape index (κ2) is 2.87. The number of pyridine rings is 1. The molecule has 2 rings (SSSR count). The summed E-state index contributed by atoms with van der Waals surface area (Å²) in [6.45, 7) is 0. The van der Waals surface area contributed by atoms with E-state index in [0.29, 0.717) is 0 Å². The maximum atomic E-state index is 4.33. The van der Waals surface area contributed by atoms with Crippen LogP contribution in [-0.4, -0.2) is 4.98 Å². The largest absolute Gasteiger partial charge is 0.261 e. The van der Waals surface area contributed by atoms with Crippen LogP contribution in [0.2, 0.25) is 0 Å². The van der Waals surface area contributed by atoms with Crippen molar-refractivity contribution in [2.75, 3.05) is 0 Å². The van der Waals surface area contributed by atoms with Crippen LogP contribution in [-0.2, 0) is 6.42 Å². The number of fused-ring (bicyclic) bond motifs is 1. The van der Waals surface area contributed by atoms with Crippen LogP contribution >= 0.6 is 0 Å². The third-order valence-corrected chi connectivity index (χ3v) is 2.01. The van der Waals surface area contributed by atoms with E-state index in [9.17, 15) is 0 Å². The number of aromatic nitrogens is 1. The van der Waals surface area contributed by atoms with E-state index >= 15 is 0 Å². The second-order valence-electron chi connectivity index (χ2n) is 2.83. The monoisotopic (exact) mass is 145 g/mol. The first-order chi connectivity index (χ1) is 5.47. The van der Waals surface area contributed by atoms with Crippen LogP contribution in [0.3, 0.4) is 0 Å². The van der Waals surface area contributed by atoms with E-state index < -0.39 is 0 Å². The molecular formula is C10H11N. The highest BCUT2D eigenvalue weighted by Gasteiger charge is 2.01. The van der Waals surface area contributed by atoms with Gasteiger partial charge in [0.15, 0.2) is 0 Å². The lowest BCUT2D eigenvalue weighted by Crippen LogP contribution is -1.90. The van der Waals surface area contributed by atoms with Gasteiger partial charge in [-0.3, -0.25) is 4.98 Å². The molecule has 0 radical (unpaired) electrons. The van der Waals surface area contributed by atoms with Gasteiger partial charge in [0.2, 0.25) is 0 Å². The molecule has 0 amide bonds. The number of allylic oxidation sites excluding steroid dienone is 1. The fourth-order valence-corrected chi connectivity index (χ4v) is 1.41. The third-order valence-electron chi connectivity index (χ3n) is 2.01. The number of hydrogen-bond acceptors (Lipinski definition) is 1. The van der Waals surface area contributed by atoms with Crippen molar-refractivity contribution in [3.63, 3.8) is 0 Å². The predicted molar refractivity (Wildman–Crippen MR) is 46.2 cm³/mol. The summed E-state index contributed by atoms with van der Waals surface area (Å²) in [6.07, 6.45) is 9.83. The number of rotatable bonds is 0. The van der Waals surface area contributed by atoms with Gasteiger partial charge in [0, 0.05) is 11.9 Å². The van der Waals surface area contributed by atoms with Crippen molar-refractivity contribution < 1.29 is 0 Å². The van der Waals surface area contributed by atoms with E-state index in [4.69, 9.17) is 0 Å². The lowest BCUT2D eigenvalue weighted by molar-refractivity contribution is 0.826. The lowest BCUT2D eigenvalue weighted by atomic mass is 10.1. The van der Waals surface area contributed by atoms with E-state index in [0.717, 1.165) is 6.42 Å². The number of nitrogens with zero attached hydrogens (tertiary/aromatic N) is 1. The summed E-state index contributed by atoms with van der Waals surface area (Å²) in [5, 5.41) is 0. The van der Waals surface area contributed by atoms with Crippen molar-refractivity contribution in [1.29, 1.82) is 0 Å². The Hall–Kier alpha value is -1.11. The molecule has 1 heteroatoms. The van der Waals surface area contributed by atoms with Gasteiger partial charge in [0.05, 0.1) is 0 Å². The normalized spacial score (nSPS) is 15.6. The van der Waals surface area contributed by atoms with Gasteiger partial charge in [-0.15, -0.1) is 0 Å².